The fourth-order valence-corrected chi connectivity index (χ4v) is 7.59. The lowest BCUT2D eigenvalue weighted by Gasteiger charge is -2.24. The average Bonchev–Trinajstić information content (AvgIpc) is 3.83. The predicted octanol–water partition coefficient (Wildman–Crippen LogP) is -2.02. The summed E-state index contributed by atoms with van der Waals surface area (Å²) in [5.74, 6) is 0.182. The number of nitrogens with zero attached hydrogens (tertiary/aromatic N) is 6. The molecule has 6 rings (SSSR count). The molecule has 0 amide bonds. The number of ether oxygens (including phenoxy) is 3. The number of aliphatic hydroxyl groups is 1. The number of nitrogens with two attached hydrogens (primary N) is 2. The van der Waals surface area contributed by atoms with E-state index >= 15 is 0 Å². The van der Waals surface area contributed by atoms with Gasteiger partial charge in [-0.1, -0.05) is 0 Å². The first-order valence-electron chi connectivity index (χ1n) is 14.3. The van der Waals surface area contributed by atoms with E-state index in [0.29, 0.717) is 11.6 Å². The molecular weight excluding hydrogens is 720 g/mol. The minimum Gasteiger partial charge on any atom is -0.455 e. The molecule has 49 heavy (non-hydrogen) atoms. The number of nitrogens with one attached hydrogen (secondary N) is 1. The average molecular weight is 752 g/mol. The van der Waals surface area contributed by atoms with E-state index in [-0.39, 0.29) is 29.2 Å². The summed E-state index contributed by atoms with van der Waals surface area (Å²) in [6.45, 7) is -1.57. The zero-order valence-corrected chi connectivity index (χ0v) is 27.6. The van der Waals surface area contributed by atoms with E-state index in [2.05, 4.69) is 29.8 Å². The minimum atomic E-state index is -5.09. The van der Waals surface area contributed by atoms with E-state index in [1.165, 1.54) is 41.2 Å². The number of fused-ring (bicyclic) bond motifs is 1. The van der Waals surface area contributed by atoms with Crippen LogP contribution in [0.5, 0.6) is 0 Å². The maximum Gasteiger partial charge on any atom is 0.472 e. The number of carbonyl (C=O) groups is 1. The molecule has 2 unspecified atom stereocenters. The fraction of sp³-hybridized carbons (Fsp3) is 0.565. The first-order chi connectivity index (χ1) is 23.2. The summed E-state index contributed by atoms with van der Waals surface area (Å²) in [6.07, 6.45) is -6.15. The molecule has 9 atom stereocenters. The molecule has 0 bridgehead atoms. The number of phosphoric acid groups is 2. The molecule has 0 radical (unpaired) electrons. The molecule has 0 spiro atoms. The molecule has 0 aliphatic carbocycles. The summed E-state index contributed by atoms with van der Waals surface area (Å²) in [7, 11) is -10.1. The standard InChI is InChI=1S/C23H31N9O14P2S/c24-14-1-2-31(23(35)30-14)15-3-11(12(43-15)4-41-47(36,37)38)46-48(39,40)42-5-13-18(45-22(34)10-6-49-9-29-10)17(33)21(44-13)32-8-28-16-19(25)26-7-27-20(16)32/h1-2,7-8,10-13,15,17-18,21,29,33H,3-6,9H2,(H,39,40)(H2,24,30,35)(H2,25,26,27)(H2,36,37,38)/t10?,11-,12+,13+,15+,17+,18+,21+/m0/s1. The smallest absolute Gasteiger partial charge is 0.455 e. The third-order valence-electron chi connectivity index (χ3n) is 7.64. The molecule has 3 saturated heterocycles. The van der Waals surface area contributed by atoms with Gasteiger partial charge in [-0.2, -0.15) is 4.98 Å². The van der Waals surface area contributed by atoms with Crippen LogP contribution in [-0.4, -0.2) is 116 Å². The van der Waals surface area contributed by atoms with Crippen LogP contribution >= 0.6 is 27.4 Å². The topological polar surface area (TPSA) is 330 Å². The molecule has 268 valence electrons. The monoisotopic (exact) mass is 751 g/mol. The second-order valence-electron chi connectivity index (χ2n) is 10.9. The summed E-state index contributed by atoms with van der Waals surface area (Å²) in [5, 5.41) is 14.3. The fourth-order valence-electron chi connectivity index (χ4n) is 5.37. The van der Waals surface area contributed by atoms with E-state index < -0.39 is 89.5 Å². The van der Waals surface area contributed by atoms with Crippen molar-refractivity contribution in [2.75, 3.05) is 36.3 Å². The number of hydrogen-bond acceptors (Lipinski definition) is 19. The summed E-state index contributed by atoms with van der Waals surface area (Å²) in [6, 6.07) is 0.612. The Labute approximate surface area is 279 Å². The van der Waals surface area contributed by atoms with Crippen LogP contribution in [0.15, 0.2) is 29.7 Å². The Kier molecular flexibility index (Phi) is 10.4. The zero-order valence-electron chi connectivity index (χ0n) is 25.0. The summed E-state index contributed by atoms with van der Waals surface area (Å²) in [4.78, 5) is 70.2. The Morgan fingerprint density at radius 3 is 2.59 bits per heavy atom. The highest BCUT2D eigenvalue weighted by Gasteiger charge is 2.50. The van der Waals surface area contributed by atoms with Gasteiger partial charge in [0.05, 0.1) is 19.5 Å². The van der Waals surface area contributed by atoms with Crippen molar-refractivity contribution in [2.24, 2.45) is 0 Å². The number of esters is 1. The third-order valence-corrected chi connectivity index (χ3v) is 10.1. The lowest BCUT2D eigenvalue weighted by molar-refractivity contribution is -0.158. The number of anilines is 2. The molecule has 3 aromatic rings. The van der Waals surface area contributed by atoms with Crippen LogP contribution in [0.3, 0.4) is 0 Å². The lowest BCUT2D eigenvalue weighted by Crippen LogP contribution is -2.43. The quantitative estimate of drug-likeness (QED) is 0.0775. The van der Waals surface area contributed by atoms with Gasteiger partial charge in [-0.3, -0.25) is 32.8 Å². The predicted molar refractivity (Wildman–Crippen MR) is 164 cm³/mol. The van der Waals surface area contributed by atoms with E-state index in [4.69, 9.17) is 34.7 Å². The molecule has 0 aromatic carbocycles. The van der Waals surface area contributed by atoms with E-state index in [1.54, 1.807) is 0 Å². The number of aliphatic hydroxyl groups excluding tert-OH is 1. The van der Waals surface area contributed by atoms with E-state index in [1.807, 2.05) is 0 Å². The molecule has 23 nitrogen and oxygen atoms in total. The Balaban J connectivity index is 1.19. The molecule has 3 aliphatic heterocycles. The summed E-state index contributed by atoms with van der Waals surface area (Å²) >= 11 is 1.46. The molecule has 3 aromatic heterocycles. The summed E-state index contributed by atoms with van der Waals surface area (Å²) < 4.78 is 59.3. The van der Waals surface area contributed by atoms with Crippen LogP contribution in [0, 0.1) is 0 Å². The van der Waals surface area contributed by atoms with Gasteiger partial charge in [0.15, 0.2) is 23.8 Å². The van der Waals surface area contributed by atoms with Gasteiger partial charge in [0.2, 0.25) is 0 Å². The highest BCUT2D eigenvalue weighted by Crippen LogP contribution is 2.50. The zero-order chi connectivity index (χ0) is 35.1. The number of aromatic nitrogens is 6. The van der Waals surface area contributed by atoms with Crippen LogP contribution in [0.4, 0.5) is 11.6 Å². The van der Waals surface area contributed by atoms with Gasteiger partial charge in [0.25, 0.3) is 0 Å². The van der Waals surface area contributed by atoms with E-state index in [0.717, 1.165) is 4.57 Å². The molecule has 9 N–H and O–H groups in total. The maximum absolute atomic E-state index is 13.2. The number of carbonyl (C=O) groups excluding carboxylic acids is 1. The van der Waals surface area contributed by atoms with Gasteiger partial charge in [-0.25, -0.2) is 28.9 Å². The number of nitrogen functional groups attached to an aromatic ring is 2. The molecule has 0 saturated carbocycles. The molecule has 3 fully saturated rings. The van der Waals surface area contributed by atoms with Crippen molar-refractivity contribution in [3.63, 3.8) is 0 Å². The summed E-state index contributed by atoms with van der Waals surface area (Å²) in [5.41, 5.74) is 11.0. The van der Waals surface area contributed by atoms with E-state index in [9.17, 15) is 38.5 Å². The molecule has 3 aliphatic rings. The van der Waals surface area contributed by atoms with Gasteiger partial charge >= 0.3 is 27.3 Å². The van der Waals surface area contributed by atoms with Crippen molar-refractivity contribution < 1.29 is 61.5 Å². The first-order valence-corrected chi connectivity index (χ1v) is 18.5. The molecule has 26 heteroatoms. The Hall–Kier alpha value is -3.09. The van der Waals surface area contributed by atoms with Crippen molar-refractivity contribution in [3.8, 4) is 0 Å². The molecule has 6 heterocycles. The number of hydrogen-bond donors (Lipinski definition) is 7. The number of thioether (sulfide) groups is 1. The van der Waals surface area contributed by atoms with Gasteiger partial charge in [0, 0.05) is 24.2 Å². The molecular formula is C23H31N9O14P2S. The van der Waals surface area contributed by atoms with Gasteiger partial charge in [-0.05, 0) is 6.07 Å². The number of imidazole rings is 1. The number of rotatable bonds is 12. The van der Waals surface area contributed by atoms with Gasteiger partial charge in [0.1, 0.15) is 54.3 Å². The van der Waals surface area contributed by atoms with Crippen LogP contribution < -0.4 is 22.5 Å². The highest BCUT2D eigenvalue weighted by atomic mass is 32.2. The van der Waals surface area contributed by atoms with Crippen LogP contribution in [-0.2, 0) is 41.7 Å². The second kappa shape index (κ2) is 14.3. The van der Waals surface area contributed by atoms with Gasteiger partial charge < -0.3 is 45.5 Å². The first kappa shape index (κ1) is 35.7. The van der Waals surface area contributed by atoms with Crippen LogP contribution in [0.25, 0.3) is 11.2 Å². The Bertz CT molecular complexity index is 1840. The highest BCUT2D eigenvalue weighted by molar-refractivity contribution is 7.99. The van der Waals surface area contributed by atoms with Crippen molar-refractivity contribution >= 4 is 56.2 Å². The lowest BCUT2D eigenvalue weighted by atomic mass is 10.1. The van der Waals surface area contributed by atoms with Crippen molar-refractivity contribution in [1.82, 2.24) is 34.4 Å². The van der Waals surface area contributed by atoms with Crippen molar-refractivity contribution in [1.29, 1.82) is 0 Å². The number of phosphoric ester groups is 2. The minimum absolute atomic E-state index is 0.0578. The third kappa shape index (κ3) is 8.12. The van der Waals surface area contributed by atoms with Gasteiger partial charge in [-0.15, -0.1) is 11.8 Å². The maximum atomic E-state index is 13.2. The Morgan fingerprint density at radius 2 is 1.88 bits per heavy atom. The van der Waals surface area contributed by atoms with Crippen molar-refractivity contribution in [3.05, 3.63) is 35.4 Å². The normalized spacial score (nSPS) is 30.1. The second-order valence-corrected chi connectivity index (χ2v) is 14.6. The largest absolute Gasteiger partial charge is 0.472 e. The van der Waals surface area contributed by atoms with Crippen LogP contribution in [0.1, 0.15) is 18.9 Å². The van der Waals surface area contributed by atoms with Crippen LogP contribution in [0.2, 0.25) is 0 Å². The SMILES string of the molecule is Nc1ccn([C@H]2C[C@H](OP(=O)(O)OC[C@H]3O[C@@H](n4cnc5c(N)ncnc54)[C@H](O)[C@@H]3OC(=O)C3CSCN3)[C@@H](COP(=O)(O)O)O2)c(=O)n1. The van der Waals surface area contributed by atoms with Crippen molar-refractivity contribution in [2.45, 2.75) is 55.4 Å². The Morgan fingerprint density at radius 1 is 1.10 bits per heavy atom.